The van der Waals surface area contributed by atoms with Gasteiger partial charge in [0.1, 0.15) is 0 Å². The molecular formula is C16H24O2Si. The molecule has 1 fully saturated rings. The molecule has 0 bridgehead atoms. The van der Waals surface area contributed by atoms with Crippen molar-refractivity contribution in [3.05, 3.63) is 22.8 Å². The molecule has 0 aromatic heterocycles. The van der Waals surface area contributed by atoms with Crippen molar-refractivity contribution in [2.75, 3.05) is 0 Å². The Balaban J connectivity index is 1.89. The fourth-order valence-electron chi connectivity index (χ4n) is 3.73. The monoisotopic (exact) mass is 276 g/mol. The van der Waals surface area contributed by atoms with Gasteiger partial charge in [-0.15, -0.1) is 0 Å². The van der Waals surface area contributed by atoms with Crippen LogP contribution in [0.25, 0.3) is 0 Å². The minimum atomic E-state index is -1.51. The van der Waals surface area contributed by atoms with Crippen LogP contribution in [0.5, 0.6) is 0 Å². The minimum absolute atomic E-state index is 0.289. The van der Waals surface area contributed by atoms with Crippen molar-refractivity contribution in [1.29, 1.82) is 0 Å². The quantitative estimate of drug-likeness (QED) is 0.713. The second kappa shape index (κ2) is 4.71. The van der Waals surface area contributed by atoms with E-state index in [1.54, 1.807) is 0 Å². The highest BCUT2D eigenvalue weighted by Crippen LogP contribution is 2.43. The van der Waals surface area contributed by atoms with Gasteiger partial charge in [-0.2, -0.15) is 0 Å². The molecule has 3 rings (SSSR count). The van der Waals surface area contributed by atoms with E-state index in [0.717, 1.165) is 44.1 Å². The summed E-state index contributed by atoms with van der Waals surface area (Å²) >= 11 is 0. The smallest absolute Gasteiger partial charge is 0.184 e. The van der Waals surface area contributed by atoms with E-state index in [0.29, 0.717) is 11.7 Å². The van der Waals surface area contributed by atoms with Gasteiger partial charge >= 0.3 is 0 Å². The van der Waals surface area contributed by atoms with E-state index in [-0.39, 0.29) is 6.10 Å². The molecule has 0 aromatic rings. The summed E-state index contributed by atoms with van der Waals surface area (Å²) in [6.07, 6.45) is 8.86. The Hall–Kier alpha value is -0.673. The standard InChI is InChI=1S/C16H24O2Si/c1-19(2,3)18-16-8-7-12-10-15(17)13-6-4-5-11(13)9-14(12)16/h9,12,16H,4-8,10H2,1-3H3. The topological polar surface area (TPSA) is 26.3 Å². The Bertz CT molecular complexity index is 468. The summed E-state index contributed by atoms with van der Waals surface area (Å²) in [5.41, 5.74) is 3.89. The van der Waals surface area contributed by atoms with Gasteiger partial charge in [-0.05, 0) is 74.4 Å². The molecule has 2 nitrogen and oxygen atoms in total. The normalized spacial score (nSPS) is 31.1. The second-order valence-electron chi connectivity index (χ2n) is 7.12. The van der Waals surface area contributed by atoms with Crippen molar-refractivity contribution >= 4 is 14.1 Å². The molecule has 0 spiro atoms. The SMILES string of the molecule is C[Si](C)(C)OC1CCC2CC(=O)C3=C(C=C21)CCC3. The summed E-state index contributed by atoms with van der Waals surface area (Å²) in [6.45, 7) is 6.76. The lowest BCUT2D eigenvalue weighted by Gasteiger charge is -2.25. The van der Waals surface area contributed by atoms with Crippen molar-refractivity contribution in [2.24, 2.45) is 5.92 Å². The van der Waals surface area contributed by atoms with Gasteiger partial charge in [-0.3, -0.25) is 4.79 Å². The molecule has 0 aliphatic heterocycles. The largest absolute Gasteiger partial charge is 0.411 e. The van der Waals surface area contributed by atoms with Crippen LogP contribution in [-0.4, -0.2) is 20.2 Å². The molecule has 0 N–H and O–H groups in total. The van der Waals surface area contributed by atoms with Crippen LogP contribution in [0.3, 0.4) is 0 Å². The maximum Gasteiger partial charge on any atom is 0.184 e. The van der Waals surface area contributed by atoms with Crippen LogP contribution in [-0.2, 0) is 9.22 Å². The number of fused-ring (bicyclic) bond motifs is 1. The van der Waals surface area contributed by atoms with E-state index >= 15 is 0 Å². The fraction of sp³-hybridized carbons (Fsp3) is 0.688. The predicted molar refractivity (Wildman–Crippen MR) is 79.5 cm³/mol. The number of hydrogen-bond donors (Lipinski definition) is 0. The number of rotatable bonds is 2. The molecule has 104 valence electrons. The lowest BCUT2D eigenvalue weighted by atomic mass is 9.95. The van der Waals surface area contributed by atoms with E-state index in [9.17, 15) is 4.79 Å². The summed E-state index contributed by atoms with van der Waals surface area (Å²) in [4.78, 5) is 12.3. The van der Waals surface area contributed by atoms with Crippen molar-refractivity contribution in [1.82, 2.24) is 0 Å². The number of carbonyl (C=O) groups excluding carboxylic acids is 1. The van der Waals surface area contributed by atoms with Gasteiger partial charge in [-0.25, -0.2) is 0 Å². The number of hydrogen-bond acceptors (Lipinski definition) is 2. The molecule has 2 unspecified atom stereocenters. The van der Waals surface area contributed by atoms with Gasteiger partial charge in [0.2, 0.25) is 0 Å². The second-order valence-corrected chi connectivity index (χ2v) is 11.6. The zero-order chi connectivity index (χ0) is 13.6. The summed E-state index contributed by atoms with van der Waals surface area (Å²) in [5, 5.41) is 0. The van der Waals surface area contributed by atoms with E-state index in [2.05, 4.69) is 25.7 Å². The zero-order valence-corrected chi connectivity index (χ0v) is 13.3. The first kappa shape index (κ1) is 13.3. The highest BCUT2D eigenvalue weighted by atomic mass is 28.4. The Kier molecular flexibility index (Phi) is 3.30. The third kappa shape index (κ3) is 2.63. The molecule has 0 aromatic carbocycles. The van der Waals surface area contributed by atoms with Crippen LogP contribution in [0.4, 0.5) is 0 Å². The van der Waals surface area contributed by atoms with Crippen molar-refractivity contribution < 1.29 is 9.22 Å². The Morgan fingerprint density at radius 2 is 2.00 bits per heavy atom. The van der Waals surface area contributed by atoms with Crippen molar-refractivity contribution in [3.63, 3.8) is 0 Å². The minimum Gasteiger partial charge on any atom is -0.411 e. The third-order valence-corrected chi connectivity index (χ3v) is 5.48. The van der Waals surface area contributed by atoms with Crippen molar-refractivity contribution in [2.45, 2.75) is 64.3 Å². The third-order valence-electron chi connectivity index (χ3n) is 4.49. The average Bonchev–Trinajstić information content (AvgIpc) is 2.85. The zero-order valence-electron chi connectivity index (χ0n) is 12.3. The van der Waals surface area contributed by atoms with Gasteiger partial charge < -0.3 is 4.43 Å². The number of Topliss-reactive ketones (excluding diaryl/α,β-unsaturated/α-hetero) is 1. The summed E-state index contributed by atoms with van der Waals surface area (Å²) in [6, 6.07) is 0. The molecule has 3 heteroatoms. The lowest BCUT2D eigenvalue weighted by Crippen LogP contribution is -2.31. The summed E-state index contributed by atoms with van der Waals surface area (Å²) < 4.78 is 6.34. The Morgan fingerprint density at radius 3 is 2.74 bits per heavy atom. The maximum atomic E-state index is 12.3. The maximum absolute atomic E-state index is 12.3. The van der Waals surface area contributed by atoms with E-state index in [1.807, 2.05) is 0 Å². The molecule has 1 saturated carbocycles. The molecule has 2 atom stereocenters. The molecular weight excluding hydrogens is 252 g/mol. The van der Waals surface area contributed by atoms with Gasteiger partial charge in [-0.1, -0.05) is 6.08 Å². The highest BCUT2D eigenvalue weighted by molar-refractivity contribution is 6.69. The number of allylic oxidation sites excluding steroid dienone is 3. The van der Waals surface area contributed by atoms with E-state index in [1.165, 1.54) is 11.1 Å². The molecule has 3 aliphatic rings. The molecule has 19 heavy (non-hydrogen) atoms. The van der Waals surface area contributed by atoms with E-state index < -0.39 is 8.32 Å². The van der Waals surface area contributed by atoms with Crippen LogP contribution < -0.4 is 0 Å². The molecule has 0 saturated heterocycles. The first-order valence-electron chi connectivity index (χ1n) is 7.58. The van der Waals surface area contributed by atoms with Crippen molar-refractivity contribution in [3.8, 4) is 0 Å². The van der Waals surface area contributed by atoms with Gasteiger partial charge in [0.15, 0.2) is 14.1 Å². The molecule has 3 aliphatic carbocycles. The summed E-state index contributed by atoms with van der Waals surface area (Å²) in [5.74, 6) is 0.872. The predicted octanol–water partition coefficient (Wildman–Crippen LogP) is 4.00. The molecule has 0 radical (unpaired) electrons. The lowest BCUT2D eigenvalue weighted by molar-refractivity contribution is -0.116. The Morgan fingerprint density at radius 1 is 1.21 bits per heavy atom. The molecule has 0 heterocycles. The fourth-order valence-corrected chi connectivity index (χ4v) is 4.83. The first-order valence-corrected chi connectivity index (χ1v) is 11.0. The Labute approximate surface area is 117 Å². The highest BCUT2D eigenvalue weighted by Gasteiger charge is 2.38. The van der Waals surface area contributed by atoms with E-state index in [4.69, 9.17) is 4.43 Å². The van der Waals surface area contributed by atoms with Crippen LogP contribution in [0.1, 0.15) is 38.5 Å². The average molecular weight is 276 g/mol. The van der Waals surface area contributed by atoms with Crippen LogP contribution in [0, 0.1) is 5.92 Å². The number of carbonyl (C=O) groups is 1. The van der Waals surface area contributed by atoms with Gasteiger partial charge in [0.25, 0.3) is 0 Å². The summed E-state index contributed by atoms with van der Waals surface area (Å²) in [7, 11) is -1.51. The van der Waals surface area contributed by atoms with Gasteiger partial charge in [0, 0.05) is 6.42 Å². The van der Waals surface area contributed by atoms with Crippen LogP contribution >= 0.6 is 0 Å². The molecule has 0 amide bonds. The van der Waals surface area contributed by atoms with Gasteiger partial charge in [0.05, 0.1) is 6.10 Å². The first-order chi connectivity index (χ1) is 8.94. The number of ketones is 1. The van der Waals surface area contributed by atoms with Crippen LogP contribution in [0.2, 0.25) is 19.6 Å². The van der Waals surface area contributed by atoms with Crippen LogP contribution in [0.15, 0.2) is 22.8 Å².